The molecule has 1 fully saturated rings. The molecular weight excluding hydrogens is 239 g/mol. The van der Waals surface area contributed by atoms with E-state index in [1.165, 1.54) is 18.9 Å². The van der Waals surface area contributed by atoms with Crippen LogP contribution in [0.5, 0.6) is 0 Å². The van der Waals surface area contributed by atoms with Crippen LogP contribution in [0.15, 0.2) is 23.2 Å². The average Bonchev–Trinajstić information content (AvgIpc) is 2.84. The molecule has 1 aromatic carbocycles. The Morgan fingerprint density at radius 3 is 2.76 bits per heavy atom. The standard InChI is InChI=1S/C13H16ClFN2/c14-11-7-9(5-6-12(11)15)8-17-13(16)10-3-1-2-4-10/h5-7,10H,1-4,8H2,(H2,16,17). The zero-order valence-electron chi connectivity index (χ0n) is 9.63. The van der Waals surface area contributed by atoms with Crippen LogP contribution in [0.1, 0.15) is 31.2 Å². The van der Waals surface area contributed by atoms with Crippen molar-refractivity contribution < 1.29 is 4.39 Å². The minimum absolute atomic E-state index is 0.136. The monoisotopic (exact) mass is 254 g/mol. The Kier molecular flexibility index (Phi) is 4.00. The molecule has 1 aliphatic rings. The van der Waals surface area contributed by atoms with Gasteiger partial charge in [-0.1, -0.05) is 30.5 Å². The van der Waals surface area contributed by atoms with Crippen molar-refractivity contribution >= 4 is 17.4 Å². The predicted molar refractivity (Wildman–Crippen MR) is 68.7 cm³/mol. The second-order valence-electron chi connectivity index (χ2n) is 4.47. The molecule has 1 saturated carbocycles. The molecule has 0 aromatic heterocycles. The van der Waals surface area contributed by atoms with Crippen molar-refractivity contribution in [3.63, 3.8) is 0 Å². The van der Waals surface area contributed by atoms with E-state index in [4.69, 9.17) is 17.3 Å². The van der Waals surface area contributed by atoms with Crippen LogP contribution < -0.4 is 5.73 Å². The Bertz CT molecular complexity index is 425. The lowest BCUT2D eigenvalue weighted by atomic mass is 10.1. The van der Waals surface area contributed by atoms with Gasteiger partial charge in [0.15, 0.2) is 0 Å². The van der Waals surface area contributed by atoms with Gasteiger partial charge in [0.25, 0.3) is 0 Å². The van der Waals surface area contributed by atoms with Crippen LogP contribution in [0.3, 0.4) is 0 Å². The summed E-state index contributed by atoms with van der Waals surface area (Å²) in [4.78, 5) is 4.36. The van der Waals surface area contributed by atoms with Crippen molar-refractivity contribution in [3.8, 4) is 0 Å². The van der Waals surface area contributed by atoms with Crippen LogP contribution in [0, 0.1) is 11.7 Å². The van der Waals surface area contributed by atoms with E-state index in [9.17, 15) is 4.39 Å². The first-order valence-corrected chi connectivity index (χ1v) is 6.28. The van der Waals surface area contributed by atoms with Gasteiger partial charge in [0.05, 0.1) is 17.4 Å². The third-order valence-electron chi connectivity index (χ3n) is 3.20. The molecule has 0 amide bonds. The third-order valence-corrected chi connectivity index (χ3v) is 3.49. The van der Waals surface area contributed by atoms with Gasteiger partial charge in [0.2, 0.25) is 0 Å². The number of nitrogens with two attached hydrogens (primary N) is 1. The van der Waals surface area contributed by atoms with E-state index in [2.05, 4.69) is 4.99 Å². The minimum atomic E-state index is -0.400. The van der Waals surface area contributed by atoms with Crippen molar-refractivity contribution in [1.82, 2.24) is 0 Å². The molecule has 0 spiro atoms. The predicted octanol–water partition coefficient (Wildman–Crippen LogP) is 3.53. The summed E-state index contributed by atoms with van der Waals surface area (Å²) in [5.41, 5.74) is 6.82. The van der Waals surface area contributed by atoms with Crippen LogP contribution >= 0.6 is 11.6 Å². The van der Waals surface area contributed by atoms with E-state index in [1.807, 2.05) is 0 Å². The molecule has 2 N–H and O–H groups in total. The molecular formula is C13H16ClFN2. The summed E-state index contributed by atoms with van der Waals surface area (Å²) in [6.45, 7) is 0.475. The highest BCUT2D eigenvalue weighted by Gasteiger charge is 2.18. The van der Waals surface area contributed by atoms with Crippen molar-refractivity contribution in [2.24, 2.45) is 16.6 Å². The van der Waals surface area contributed by atoms with E-state index in [-0.39, 0.29) is 5.02 Å². The Labute approximate surface area is 106 Å². The maximum Gasteiger partial charge on any atom is 0.141 e. The normalized spacial score (nSPS) is 17.6. The molecule has 0 heterocycles. The van der Waals surface area contributed by atoms with Crippen molar-refractivity contribution in [2.45, 2.75) is 32.2 Å². The molecule has 0 unspecified atom stereocenters. The van der Waals surface area contributed by atoms with Crippen molar-refractivity contribution in [2.75, 3.05) is 0 Å². The fourth-order valence-electron chi connectivity index (χ4n) is 2.17. The van der Waals surface area contributed by atoms with Crippen molar-refractivity contribution in [1.29, 1.82) is 0 Å². The minimum Gasteiger partial charge on any atom is -0.387 e. The maximum atomic E-state index is 13.0. The van der Waals surface area contributed by atoms with E-state index in [1.54, 1.807) is 12.1 Å². The molecule has 1 aliphatic carbocycles. The summed E-state index contributed by atoms with van der Waals surface area (Å²) in [5.74, 6) is 0.761. The largest absolute Gasteiger partial charge is 0.387 e. The van der Waals surface area contributed by atoms with Gasteiger partial charge in [0.1, 0.15) is 5.82 Å². The lowest BCUT2D eigenvalue weighted by Crippen LogP contribution is -2.21. The van der Waals surface area contributed by atoms with Gasteiger partial charge in [-0.3, -0.25) is 4.99 Å². The smallest absolute Gasteiger partial charge is 0.141 e. The summed E-state index contributed by atoms with van der Waals surface area (Å²) < 4.78 is 13.0. The van der Waals surface area contributed by atoms with Gasteiger partial charge >= 0.3 is 0 Å². The zero-order chi connectivity index (χ0) is 12.3. The molecule has 4 heteroatoms. The van der Waals surface area contributed by atoms with E-state index >= 15 is 0 Å². The van der Waals surface area contributed by atoms with Crippen molar-refractivity contribution in [3.05, 3.63) is 34.6 Å². The summed E-state index contributed by atoms with van der Waals surface area (Å²) in [6, 6.07) is 4.65. The van der Waals surface area contributed by atoms with Crippen LogP contribution in [-0.4, -0.2) is 5.84 Å². The number of halogens is 2. The van der Waals surface area contributed by atoms with Gasteiger partial charge in [0, 0.05) is 5.92 Å². The summed E-state index contributed by atoms with van der Waals surface area (Å²) in [7, 11) is 0. The maximum absolute atomic E-state index is 13.0. The molecule has 1 aromatic rings. The molecule has 17 heavy (non-hydrogen) atoms. The molecule has 0 atom stereocenters. The molecule has 2 rings (SSSR count). The highest BCUT2D eigenvalue weighted by atomic mass is 35.5. The number of rotatable bonds is 3. The molecule has 0 saturated heterocycles. The second-order valence-corrected chi connectivity index (χ2v) is 4.88. The molecule has 92 valence electrons. The summed E-state index contributed by atoms with van der Waals surface area (Å²) in [6.07, 6.45) is 4.76. The van der Waals surface area contributed by atoms with Crippen LogP contribution in [-0.2, 0) is 6.54 Å². The number of amidine groups is 1. The highest BCUT2D eigenvalue weighted by molar-refractivity contribution is 6.30. The van der Waals surface area contributed by atoms with E-state index in [0.29, 0.717) is 12.5 Å². The van der Waals surface area contributed by atoms with Gasteiger partial charge in [-0.15, -0.1) is 0 Å². The second kappa shape index (κ2) is 5.50. The number of nitrogens with zero attached hydrogens (tertiary/aromatic N) is 1. The quantitative estimate of drug-likeness (QED) is 0.650. The topological polar surface area (TPSA) is 38.4 Å². The van der Waals surface area contributed by atoms with Crippen LogP contribution in [0.2, 0.25) is 5.02 Å². The number of hydrogen-bond donors (Lipinski definition) is 1. The molecule has 2 nitrogen and oxygen atoms in total. The van der Waals surface area contributed by atoms with E-state index in [0.717, 1.165) is 24.2 Å². The lowest BCUT2D eigenvalue weighted by molar-refractivity contribution is 0.627. The first-order chi connectivity index (χ1) is 8.16. The Balaban J connectivity index is 2.00. The first-order valence-electron chi connectivity index (χ1n) is 5.90. The Morgan fingerprint density at radius 1 is 1.41 bits per heavy atom. The fraction of sp³-hybridized carbons (Fsp3) is 0.462. The summed E-state index contributed by atoms with van der Waals surface area (Å²) >= 11 is 5.70. The Morgan fingerprint density at radius 2 is 2.12 bits per heavy atom. The van der Waals surface area contributed by atoms with Gasteiger partial charge < -0.3 is 5.73 Å². The van der Waals surface area contributed by atoms with E-state index < -0.39 is 5.82 Å². The van der Waals surface area contributed by atoms with Crippen LogP contribution in [0.25, 0.3) is 0 Å². The number of hydrogen-bond acceptors (Lipinski definition) is 1. The third kappa shape index (κ3) is 3.19. The zero-order valence-corrected chi connectivity index (χ0v) is 10.4. The Hall–Kier alpha value is -1.09. The summed E-state index contributed by atoms with van der Waals surface area (Å²) in [5, 5.41) is 0.136. The average molecular weight is 255 g/mol. The number of benzene rings is 1. The van der Waals surface area contributed by atoms with Crippen LogP contribution in [0.4, 0.5) is 4.39 Å². The van der Waals surface area contributed by atoms with Gasteiger partial charge in [-0.25, -0.2) is 4.39 Å². The molecule has 0 bridgehead atoms. The molecule has 0 radical (unpaired) electrons. The van der Waals surface area contributed by atoms with Gasteiger partial charge in [-0.05, 0) is 30.5 Å². The fourth-order valence-corrected chi connectivity index (χ4v) is 2.37. The first kappa shape index (κ1) is 12.4. The SMILES string of the molecule is NC(=NCc1ccc(F)c(Cl)c1)C1CCCC1. The molecule has 0 aliphatic heterocycles. The number of aliphatic imine (C=N–C) groups is 1. The van der Waals surface area contributed by atoms with Gasteiger partial charge in [-0.2, -0.15) is 0 Å². The lowest BCUT2D eigenvalue weighted by Gasteiger charge is -2.08. The highest BCUT2D eigenvalue weighted by Crippen LogP contribution is 2.25.